The average molecular weight is 328 g/mol. The molecule has 2 aromatic heterocycles. The number of nitrogens with zero attached hydrogens (tertiary/aromatic N) is 4. The summed E-state index contributed by atoms with van der Waals surface area (Å²) in [4.78, 5) is 22.2. The molecule has 4 rings (SSSR count). The van der Waals surface area contributed by atoms with Gasteiger partial charge in [0.1, 0.15) is 0 Å². The molecule has 4 heterocycles. The van der Waals surface area contributed by atoms with Crippen LogP contribution in [0, 0.1) is 13.8 Å². The molecule has 0 bridgehead atoms. The predicted octanol–water partition coefficient (Wildman–Crippen LogP) is 2.54. The van der Waals surface area contributed by atoms with Crippen LogP contribution in [0.25, 0.3) is 11.1 Å². The quantitative estimate of drug-likeness (QED) is 0.848. The van der Waals surface area contributed by atoms with Crippen LogP contribution in [0.2, 0.25) is 0 Å². The minimum absolute atomic E-state index is 0.0969. The number of rotatable bonds is 2. The second-order valence-electron chi connectivity index (χ2n) is 7.16. The molecule has 2 aromatic rings. The highest BCUT2D eigenvalue weighted by Crippen LogP contribution is 2.32. The fraction of sp³-hybridized carbons (Fsp3) is 0.611. The topological polar surface area (TPSA) is 62.5 Å². The van der Waals surface area contributed by atoms with E-state index in [-0.39, 0.29) is 5.91 Å². The van der Waals surface area contributed by atoms with Crippen molar-refractivity contribution in [3.8, 4) is 0 Å². The van der Waals surface area contributed by atoms with Gasteiger partial charge in [0.25, 0.3) is 11.6 Å². The Balaban J connectivity index is 1.72. The Kier molecular flexibility index (Phi) is 3.79. The van der Waals surface area contributed by atoms with Gasteiger partial charge in [0.2, 0.25) is 0 Å². The summed E-state index contributed by atoms with van der Waals surface area (Å²) < 4.78 is 5.29. The van der Waals surface area contributed by atoms with Crippen LogP contribution in [-0.2, 0) is 0 Å². The summed E-state index contributed by atoms with van der Waals surface area (Å²) in [5, 5.41) is 4.76. The summed E-state index contributed by atoms with van der Waals surface area (Å²) >= 11 is 0. The molecule has 2 fully saturated rings. The third-order valence-electron chi connectivity index (χ3n) is 5.56. The molecule has 0 aliphatic carbocycles. The molecule has 0 unspecified atom stereocenters. The monoisotopic (exact) mass is 328 g/mol. The van der Waals surface area contributed by atoms with E-state index in [1.54, 1.807) is 0 Å². The Morgan fingerprint density at radius 3 is 2.71 bits per heavy atom. The van der Waals surface area contributed by atoms with E-state index in [0.29, 0.717) is 23.4 Å². The second-order valence-corrected chi connectivity index (χ2v) is 7.16. The summed E-state index contributed by atoms with van der Waals surface area (Å²) in [6.45, 7) is 5.72. The zero-order valence-electron chi connectivity index (χ0n) is 14.6. The lowest BCUT2D eigenvalue weighted by Crippen LogP contribution is -2.47. The molecule has 0 spiro atoms. The predicted molar refractivity (Wildman–Crippen MR) is 91.0 cm³/mol. The molecule has 6 nitrogen and oxygen atoms in total. The van der Waals surface area contributed by atoms with E-state index in [1.165, 1.54) is 12.8 Å². The molecule has 2 aliphatic rings. The smallest absolute Gasteiger partial charge is 0.258 e. The Labute approximate surface area is 141 Å². The average Bonchev–Trinajstić information content (AvgIpc) is 3.26. The van der Waals surface area contributed by atoms with Crippen molar-refractivity contribution >= 4 is 17.0 Å². The lowest BCUT2D eigenvalue weighted by atomic mass is 10.0. The van der Waals surface area contributed by atoms with Crippen molar-refractivity contribution in [2.75, 3.05) is 20.1 Å². The van der Waals surface area contributed by atoms with Crippen LogP contribution in [-0.4, -0.2) is 58.1 Å². The summed E-state index contributed by atoms with van der Waals surface area (Å²) in [5.41, 5.74) is 2.67. The minimum atomic E-state index is 0.0969. The van der Waals surface area contributed by atoms with Crippen molar-refractivity contribution in [1.82, 2.24) is 19.9 Å². The molecule has 128 valence electrons. The molecule has 1 amide bonds. The van der Waals surface area contributed by atoms with Crippen LogP contribution in [0.5, 0.6) is 0 Å². The van der Waals surface area contributed by atoms with Gasteiger partial charge in [0.05, 0.1) is 16.6 Å². The van der Waals surface area contributed by atoms with E-state index in [0.717, 1.165) is 42.7 Å². The van der Waals surface area contributed by atoms with Crippen molar-refractivity contribution in [3.05, 3.63) is 23.0 Å². The molecule has 6 heteroatoms. The number of pyridine rings is 1. The first kappa shape index (κ1) is 15.6. The van der Waals surface area contributed by atoms with E-state index in [2.05, 4.69) is 27.0 Å². The van der Waals surface area contributed by atoms with Gasteiger partial charge in [-0.25, -0.2) is 4.98 Å². The first-order valence-electron chi connectivity index (χ1n) is 8.81. The first-order valence-corrected chi connectivity index (χ1v) is 8.81. The Morgan fingerprint density at radius 2 is 1.96 bits per heavy atom. The van der Waals surface area contributed by atoms with Crippen molar-refractivity contribution in [1.29, 1.82) is 0 Å². The van der Waals surface area contributed by atoms with Gasteiger partial charge in [-0.3, -0.25) is 4.79 Å². The normalized spacial score (nSPS) is 25.0. The number of likely N-dealkylation sites (tertiary alicyclic amines) is 2. The summed E-state index contributed by atoms with van der Waals surface area (Å²) in [6.07, 6.45) is 4.58. The maximum atomic E-state index is 13.3. The molecule has 0 N–H and O–H groups in total. The van der Waals surface area contributed by atoms with Crippen molar-refractivity contribution in [3.63, 3.8) is 0 Å². The standard InChI is InChI=1S/C18H24N4O2/c1-11-10-13(16-12(2)20-24-17(16)19-11)18(23)22-9-5-7-15(22)14-6-4-8-21(14)3/h10,14-15H,4-9H2,1-3H3/t14-,15-/m1/s1. The van der Waals surface area contributed by atoms with Gasteiger partial charge in [-0.15, -0.1) is 0 Å². The molecule has 0 saturated carbocycles. The fourth-order valence-electron chi connectivity index (χ4n) is 4.41. The lowest BCUT2D eigenvalue weighted by Gasteiger charge is -2.33. The van der Waals surface area contributed by atoms with Crippen LogP contribution >= 0.6 is 0 Å². The maximum absolute atomic E-state index is 13.3. The highest BCUT2D eigenvalue weighted by molar-refractivity contribution is 6.06. The molecule has 0 aromatic carbocycles. The van der Waals surface area contributed by atoms with Gasteiger partial charge < -0.3 is 14.3 Å². The first-order chi connectivity index (χ1) is 11.6. The number of aromatic nitrogens is 2. The molecule has 2 saturated heterocycles. The van der Waals surface area contributed by atoms with Crippen molar-refractivity contribution in [2.45, 2.75) is 51.6 Å². The van der Waals surface area contributed by atoms with E-state index < -0.39 is 0 Å². The van der Waals surface area contributed by atoms with Crippen LogP contribution in [0.4, 0.5) is 0 Å². The minimum Gasteiger partial charge on any atom is -0.336 e. The third-order valence-corrected chi connectivity index (χ3v) is 5.56. The Bertz CT molecular complexity index is 785. The molecular formula is C18H24N4O2. The Morgan fingerprint density at radius 1 is 1.21 bits per heavy atom. The van der Waals surface area contributed by atoms with Gasteiger partial charge in [-0.2, -0.15) is 0 Å². The second kappa shape index (κ2) is 5.84. The molecular weight excluding hydrogens is 304 g/mol. The van der Waals surface area contributed by atoms with E-state index in [9.17, 15) is 4.79 Å². The highest BCUT2D eigenvalue weighted by Gasteiger charge is 2.39. The van der Waals surface area contributed by atoms with Crippen molar-refractivity contribution < 1.29 is 9.32 Å². The molecule has 24 heavy (non-hydrogen) atoms. The maximum Gasteiger partial charge on any atom is 0.258 e. The van der Waals surface area contributed by atoms with Gasteiger partial charge in [-0.05, 0) is 59.2 Å². The number of hydrogen-bond donors (Lipinski definition) is 0. The number of carbonyl (C=O) groups is 1. The number of carbonyl (C=O) groups excluding carboxylic acids is 1. The van der Waals surface area contributed by atoms with Crippen LogP contribution in [0.1, 0.15) is 47.4 Å². The van der Waals surface area contributed by atoms with E-state index in [4.69, 9.17) is 4.52 Å². The zero-order valence-corrected chi connectivity index (χ0v) is 14.6. The van der Waals surface area contributed by atoms with Crippen LogP contribution in [0.3, 0.4) is 0 Å². The number of likely N-dealkylation sites (N-methyl/N-ethyl adjacent to an activating group) is 1. The number of amides is 1. The van der Waals surface area contributed by atoms with Crippen LogP contribution < -0.4 is 0 Å². The third kappa shape index (κ3) is 2.40. The SMILES string of the molecule is Cc1cc(C(=O)N2CCC[C@@H]2[C@H]2CCCN2C)c2c(C)noc2n1. The summed E-state index contributed by atoms with van der Waals surface area (Å²) in [5.74, 6) is 0.0969. The van der Waals surface area contributed by atoms with Gasteiger partial charge >= 0.3 is 0 Å². The lowest BCUT2D eigenvalue weighted by molar-refractivity contribution is 0.0666. The summed E-state index contributed by atoms with van der Waals surface area (Å²) in [7, 11) is 2.18. The summed E-state index contributed by atoms with van der Waals surface area (Å²) in [6, 6.07) is 2.68. The van der Waals surface area contributed by atoms with Gasteiger partial charge in [-0.1, -0.05) is 5.16 Å². The van der Waals surface area contributed by atoms with Crippen LogP contribution in [0.15, 0.2) is 10.6 Å². The van der Waals surface area contributed by atoms with E-state index in [1.807, 2.05) is 19.9 Å². The largest absolute Gasteiger partial charge is 0.336 e. The Hall–Kier alpha value is -1.95. The molecule has 0 radical (unpaired) electrons. The van der Waals surface area contributed by atoms with E-state index >= 15 is 0 Å². The number of aryl methyl sites for hydroxylation is 2. The molecule has 2 aliphatic heterocycles. The number of fused-ring (bicyclic) bond motifs is 1. The zero-order chi connectivity index (χ0) is 16.8. The number of hydrogen-bond acceptors (Lipinski definition) is 5. The van der Waals surface area contributed by atoms with Gasteiger partial charge in [0.15, 0.2) is 0 Å². The highest BCUT2D eigenvalue weighted by atomic mass is 16.5. The van der Waals surface area contributed by atoms with Gasteiger partial charge in [0, 0.05) is 24.3 Å². The molecule has 2 atom stereocenters. The van der Waals surface area contributed by atoms with Crippen molar-refractivity contribution in [2.24, 2.45) is 0 Å². The fourth-order valence-corrected chi connectivity index (χ4v) is 4.41.